The van der Waals surface area contributed by atoms with Gasteiger partial charge in [0.1, 0.15) is 11.2 Å². The number of nitrogens with zero attached hydrogens (tertiary/aromatic N) is 3. The first-order valence-corrected chi connectivity index (χ1v) is 9.66. The third-order valence-corrected chi connectivity index (χ3v) is 5.15. The number of hydrogen-bond donors (Lipinski definition) is 2. The second kappa shape index (κ2) is 7.88. The summed E-state index contributed by atoms with van der Waals surface area (Å²) in [4.78, 5) is 32.0. The van der Waals surface area contributed by atoms with E-state index in [1.165, 1.54) is 24.4 Å². The molecule has 0 saturated heterocycles. The van der Waals surface area contributed by atoms with E-state index in [0.717, 1.165) is 17.4 Å². The summed E-state index contributed by atoms with van der Waals surface area (Å²) in [5.74, 6) is -0.770. The number of carbonyl (C=O) groups is 1. The van der Waals surface area contributed by atoms with E-state index in [2.05, 4.69) is 20.4 Å². The normalized spacial score (nSPS) is 12.1. The van der Waals surface area contributed by atoms with Gasteiger partial charge in [-0.05, 0) is 37.3 Å². The Morgan fingerprint density at radius 1 is 1.21 bits per heavy atom. The molecule has 0 saturated carbocycles. The van der Waals surface area contributed by atoms with Gasteiger partial charge in [0.25, 0.3) is 5.56 Å². The van der Waals surface area contributed by atoms with Crippen LogP contribution >= 0.6 is 11.8 Å². The minimum atomic E-state index is -0.577. The molecule has 9 heteroatoms. The molecule has 0 fully saturated rings. The molecule has 7 nitrogen and oxygen atoms in total. The van der Waals surface area contributed by atoms with Crippen molar-refractivity contribution in [3.05, 3.63) is 77.0 Å². The summed E-state index contributed by atoms with van der Waals surface area (Å²) in [5, 5.41) is 6.98. The number of carbonyl (C=O) groups excluding carboxylic acids is 1. The first-order valence-electron chi connectivity index (χ1n) is 8.78. The quantitative estimate of drug-likeness (QED) is 0.389. The smallest absolute Gasteiger partial charge is 0.262 e. The van der Waals surface area contributed by atoms with Crippen LogP contribution in [0.15, 0.2) is 70.7 Å². The van der Waals surface area contributed by atoms with Crippen molar-refractivity contribution in [3.8, 4) is 5.69 Å². The minimum absolute atomic E-state index is 0.294. The maximum Gasteiger partial charge on any atom is 0.262 e. The average Bonchev–Trinajstić information content (AvgIpc) is 3.13. The van der Waals surface area contributed by atoms with Gasteiger partial charge in [0.05, 0.1) is 17.1 Å². The Hall–Kier alpha value is -3.46. The zero-order chi connectivity index (χ0) is 20.4. The summed E-state index contributed by atoms with van der Waals surface area (Å²) >= 11 is 1.10. The molecular weight excluding hydrogens is 393 g/mol. The fourth-order valence-corrected chi connectivity index (χ4v) is 3.54. The Morgan fingerprint density at radius 3 is 2.76 bits per heavy atom. The van der Waals surface area contributed by atoms with Crippen molar-refractivity contribution < 1.29 is 9.18 Å². The summed E-state index contributed by atoms with van der Waals surface area (Å²) in [6, 6.07) is 15.0. The Morgan fingerprint density at radius 2 is 2.00 bits per heavy atom. The molecule has 4 aromatic rings. The van der Waals surface area contributed by atoms with E-state index in [-0.39, 0.29) is 11.5 Å². The number of amides is 1. The van der Waals surface area contributed by atoms with Gasteiger partial charge in [-0.3, -0.25) is 9.59 Å². The van der Waals surface area contributed by atoms with E-state index in [1.807, 2.05) is 30.3 Å². The lowest BCUT2D eigenvalue weighted by Gasteiger charge is -2.11. The number of halogens is 1. The highest BCUT2D eigenvalue weighted by Gasteiger charge is 2.18. The highest BCUT2D eigenvalue weighted by atomic mass is 32.2. The van der Waals surface area contributed by atoms with Crippen LogP contribution in [0.1, 0.15) is 6.92 Å². The van der Waals surface area contributed by atoms with E-state index in [9.17, 15) is 14.0 Å². The van der Waals surface area contributed by atoms with Gasteiger partial charge in [-0.1, -0.05) is 36.0 Å². The first-order chi connectivity index (χ1) is 14.0. The van der Waals surface area contributed by atoms with Crippen LogP contribution in [0, 0.1) is 5.82 Å². The molecule has 4 rings (SSSR count). The van der Waals surface area contributed by atoms with Crippen LogP contribution in [0.4, 0.5) is 10.1 Å². The van der Waals surface area contributed by atoms with Gasteiger partial charge >= 0.3 is 0 Å². The molecule has 0 spiro atoms. The number of aromatic nitrogens is 4. The fraction of sp³-hybridized carbons (Fsp3) is 0.100. The van der Waals surface area contributed by atoms with Crippen LogP contribution < -0.4 is 10.9 Å². The number of benzene rings is 2. The fourth-order valence-electron chi connectivity index (χ4n) is 2.74. The van der Waals surface area contributed by atoms with Crippen LogP contribution in [0.2, 0.25) is 0 Å². The van der Waals surface area contributed by atoms with Gasteiger partial charge in [0.2, 0.25) is 5.91 Å². The maximum absolute atomic E-state index is 13.3. The molecule has 146 valence electrons. The number of thioether (sulfide) groups is 1. The van der Waals surface area contributed by atoms with E-state index in [1.54, 1.807) is 17.7 Å². The standard InChI is InChI=1S/C20H16FN5O2S/c1-12(18(27)23-14-7-5-6-13(21)10-14)29-20-24-17-16(19(28)25-20)11-22-26(17)15-8-3-2-4-9-15/h2-12H,1H3,(H,23,27)(H,24,25,28)/t12-/m0/s1. The van der Waals surface area contributed by atoms with E-state index in [4.69, 9.17) is 0 Å². The summed E-state index contributed by atoms with van der Waals surface area (Å²) in [7, 11) is 0. The molecule has 2 N–H and O–H groups in total. The molecule has 1 amide bonds. The van der Waals surface area contributed by atoms with Crippen molar-refractivity contribution in [3.63, 3.8) is 0 Å². The van der Waals surface area contributed by atoms with Crippen LogP contribution in [0.3, 0.4) is 0 Å². The summed E-state index contributed by atoms with van der Waals surface area (Å²) in [6.45, 7) is 1.68. The second-order valence-corrected chi connectivity index (χ2v) is 7.59. The van der Waals surface area contributed by atoms with Crippen molar-refractivity contribution in [1.29, 1.82) is 0 Å². The Balaban J connectivity index is 1.59. The van der Waals surface area contributed by atoms with Gasteiger partial charge in [-0.15, -0.1) is 0 Å². The SMILES string of the molecule is C[C@H](Sc1nc2c(cnn2-c2ccccc2)c(=O)[nH]1)C(=O)Nc1cccc(F)c1. The number of rotatable bonds is 5. The van der Waals surface area contributed by atoms with Crippen LogP contribution in [-0.2, 0) is 4.79 Å². The monoisotopic (exact) mass is 409 g/mol. The van der Waals surface area contributed by atoms with Gasteiger partial charge in [0.15, 0.2) is 10.8 Å². The largest absolute Gasteiger partial charge is 0.325 e. The highest BCUT2D eigenvalue weighted by Crippen LogP contribution is 2.22. The molecule has 0 aliphatic carbocycles. The Bertz CT molecular complexity index is 1240. The highest BCUT2D eigenvalue weighted by molar-refractivity contribution is 8.00. The molecule has 0 bridgehead atoms. The van der Waals surface area contributed by atoms with E-state index < -0.39 is 11.1 Å². The lowest BCUT2D eigenvalue weighted by atomic mass is 10.3. The van der Waals surface area contributed by atoms with Crippen molar-refractivity contribution in [2.75, 3.05) is 5.32 Å². The van der Waals surface area contributed by atoms with Crippen molar-refractivity contribution in [2.45, 2.75) is 17.3 Å². The lowest BCUT2D eigenvalue weighted by molar-refractivity contribution is -0.115. The van der Waals surface area contributed by atoms with Gasteiger partial charge in [-0.2, -0.15) is 5.10 Å². The van der Waals surface area contributed by atoms with E-state index in [0.29, 0.717) is 21.9 Å². The van der Waals surface area contributed by atoms with Crippen LogP contribution in [-0.4, -0.2) is 30.9 Å². The van der Waals surface area contributed by atoms with Crippen LogP contribution in [0.5, 0.6) is 0 Å². The number of anilines is 1. The third-order valence-electron chi connectivity index (χ3n) is 4.17. The average molecular weight is 409 g/mol. The number of para-hydroxylation sites is 1. The molecule has 29 heavy (non-hydrogen) atoms. The number of nitrogens with one attached hydrogen (secondary N) is 2. The first kappa shape index (κ1) is 18.9. The van der Waals surface area contributed by atoms with Crippen molar-refractivity contribution in [2.24, 2.45) is 0 Å². The molecule has 1 atom stereocenters. The lowest BCUT2D eigenvalue weighted by Crippen LogP contribution is -2.23. The minimum Gasteiger partial charge on any atom is -0.325 e. The van der Waals surface area contributed by atoms with Gasteiger partial charge < -0.3 is 10.3 Å². The van der Waals surface area contributed by atoms with E-state index >= 15 is 0 Å². The Kier molecular flexibility index (Phi) is 5.13. The maximum atomic E-state index is 13.3. The molecule has 0 unspecified atom stereocenters. The van der Waals surface area contributed by atoms with Gasteiger partial charge in [-0.25, -0.2) is 14.1 Å². The number of fused-ring (bicyclic) bond motifs is 1. The molecule has 0 aliphatic rings. The Labute approximate surface area is 169 Å². The second-order valence-electron chi connectivity index (χ2n) is 6.26. The van der Waals surface area contributed by atoms with Gasteiger partial charge in [0, 0.05) is 5.69 Å². The summed E-state index contributed by atoms with van der Waals surface area (Å²) < 4.78 is 14.9. The van der Waals surface area contributed by atoms with Crippen molar-refractivity contribution >= 4 is 34.4 Å². The number of hydrogen-bond acceptors (Lipinski definition) is 5. The predicted octanol–water partition coefficient (Wildman–Crippen LogP) is 3.37. The molecular formula is C20H16FN5O2S. The molecule has 2 heterocycles. The topological polar surface area (TPSA) is 92.7 Å². The zero-order valence-corrected chi connectivity index (χ0v) is 16.1. The van der Waals surface area contributed by atoms with Crippen LogP contribution in [0.25, 0.3) is 16.7 Å². The third kappa shape index (κ3) is 4.04. The summed E-state index contributed by atoms with van der Waals surface area (Å²) in [5.41, 5.74) is 1.20. The summed E-state index contributed by atoms with van der Waals surface area (Å²) in [6.07, 6.45) is 1.46. The molecule has 2 aromatic carbocycles. The molecule has 0 aliphatic heterocycles. The number of H-pyrrole nitrogens is 1. The van der Waals surface area contributed by atoms with Crippen molar-refractivity contribution in [1.82, 2.24) is 19.7 Å². The molecule has 2 aromatic heterocycles. The molecule has 0 radical (unpaired) electrons. The predicted molar refractivity (Wildman–Crippen MR) is 110 cm³/mol. The number of aromatic amines is 1. The zero-order valence-electron chi connectivity index (χ0n) is 15.3.